The van der Waals surface area contributed by atoms with Crippen LogP contribution in [0.25, 0.3) is 0 Å². The van der Waals surface area contributed by atoms with E-state index in [1.165, 1.54) is 12.1 Å². The van der Waals surface area contributed by atoms with Gasteiger partial charge in [0.2, 0.25) is 5.91 Å². The Morgan fingerprint density at radius 2 is 1.50 bits per heavy atom. The second kappa shape index (κ2) is 10.1. The molecule has 2 fully saturated rings. The lowest BCUT2D eigenvalue weighted by Gasteiger charge is -2.40. The Hall–Kier alpha value is -3.11. The number of amides is 2. The summed E-state index contributed by atoms with van der Waals surface area (Å²) >= 11 is 0. The molecule has 0 aromatic heterocycles. The van der Waals surface area contributed by atoms with Gasteiger partial charge >= 0.3 is 0 Å². The fourth-order valence-electron chi connectivity index (χ4n) is 5.47. The number of carbonyl (C=O) groups is 2. The van der Waals surface area contributed by atoms with Crippen LogP contribution in [0.4, 0.5) is 0 Å². The molecule has 1 heterocycles. The van der Waals surface area contributed by atoms with Gasteiger partial charge < -0.3 is 14.4 Å². The zero-order valence-corrected chi connectivity index (χ0v) is 21.3. The van der Waals surface area contributed by atoms with E-state index < -0.39 is 20.5 Å². The summed E-state index contributed by atoms with van der Waals surface area (Å²) in [5, 5.41) is 9.50. The van der Waals surface area contributed by atoms with Crippen molar-refractivity contribution >= 4 is 21.7 Å². The highest BCUT2D eigenvalue weighted by molar-refractivity contribution is 7.93. The molecule has 4 rings (SSSR count). The Labute approximate surface area is 211 Å². The van der Waals surface area contributed by atoms with Crippen LogP contribution in [0.15, 0.2) is 53.4 Å². The van der Waals surface area contributed by atoms with Gasteiger partial charge in [0, 0.05) is 19.5 Å². The normalized spacial score (nSPS) is 21.2. The molecular weight excluding hydrogens is 484 g/mol. The van der Waals surface area contributed by atoms with Gasteiger partial charge in [0.05, 0.1) is 12.0 Å². The molecule has 10 heteroatoms. The fraction of sp³-hybridized carbons (Fsp3) is 0.462. The van der Waals surface area contributed by atoms with Crippen molar-refractivity contribution in [3.63, 3.8) is 0 Å². The molecular formula is C26H32N2O7S. The lowest BCUT2D eigenvalue weighted by Crippen LogP contribution is -2.51. The van der Waals surface area contributed by atoms with E-state index >= 15 is 0 Å². The molecule has 2 N–H and O–H groups in total. The minimum Gasteiger partial charge on any atom is -0.497 e. The van der Waals surface area contributed by atoms with Crippen LogP contribution < -0.4 is 15.0 Å². The van der Waals surface area contributed by atoms with Crippen molar-refractivity contribution in [3.8, 4) is 17.2 Å². The third-order valence-corrected chi connectivity index (χ3v) is 10.1. The molecule has 9 nitrogen and oxygen atoms in total. The summed E-state index contributed by atoms with van der Waals surface area (Å²) in [6, 6.07) is 12.9. The number of carbonyl (C=O) groups excluding carboxylic acids is 2. The van der Waals surface area contributed by atoms with Crippen molar-refractivity contribution in [1.82, 2.24) is 10.4 Å². The Morgan fingerprint density at radius 1 is 0.944 bits per heavy atom. The number of nitrogens with zero attached hydrogens (tertiary/aromatic N) is 1. The highest BCUT2D eigenvalue weighted by atomic mass is 32.2. The summed E-state index contributed by atoms with van der Waals surface area (Å²) in [6.07, 6.45) is 2.43. The molecule has 1 spiro atoms. The zero-order chi connectivity index (χ0) is 26.0. The summed E-state index contributed by atoms with van der Waals surface area (Å²) in [5.41, 5.74) is 1.24. The largest absolute Gasteiger partial charge is 0.497 e. The van der Waals surface area contributed by atoms with Crippen LogP contribution in [-0.4, -0.2) is 55.3 Å². The highest BCUT2D eigenvalue weighted by Gasteiger charge is 2.60. The molecule has 0 radical (unpaired) electrons. The first kappa shape index (κ1) is 26.0. The number of ether oxygens (including phenoxy) is 2. The third kappa shape index (κ3) is 4.67. The minimum absolute atomic E-state index is 0.0103. The second-order valence-electron chi connectivity index (χ2n) is 9.60. The van der Waals surface area contributed by atoms with Gasteiger partial charge in [-0.05, 0) is 86.1 Å². The van der Waals surface area contributed by atoms with Crippen LogP contribution in [0.1, 0.15) is 45.4 Å². The van der Waals surface area contributed by atoms with Crippen LogP contribution in [0.3, 0.4) is 0 Å². The summed E-state index contributed by atoms with van der Waals surface area (Å²) < 4.78 is 36.8. The number of nitrogens with one attached hydrogen (secondary N) is 1. The van der Waals surface area contributed by atoms with Crippen molar-refractivity contribution in [1.29, 1.82) is 0 Å². The maximum absolute atomic E-state index is 13.9. The van der Waals surface area contributed by atoms with Crippen molar-refractivity contribution < 1.29 is 32.7 Å². The molecule has 1 atom stereocenters. The average molecular weight is 517 g/mol. The molecule has 1 saturated heterocycles. The predicted molar refractivity (Wildman–Crippen MR) is 132 cm³/mol. The third-order valence-electron chi connectivity index (χ3n) is 7.66. The van der Waals surface area contributed by atoms with Crippen molar-refractivity contribution in [3.05, 3.63) is 48.5 Å². The SMILES string of the molecule is CCC(=O)N1CCC2(CC1)CCC(C(=O)NO)(S(=O)(=O)c1ccc(Oc3ccc(OC)cc3)cc1)C2. The first-order valence-electron chi connectivity index (χ1n) is 12.1. The van der Waals surface area contributed by atoms with Crippen LogP contribution >= 0.6 is 0 Å². The second-order valence-corrected chi connectivity index (χ2v) is 11.9. The Kier molecular flexibility index (Phi) is 7.28. The number of hydroxylamine groups is 1. The molecule has 2 amide bonds. The summed E-state index contributed by atoms with van der Waals surface area (Å²) in [6.45, 7) is 2.90. The van der Waals surface area contributed by atoms with Gasteiger partial charge in [0.1, 0.15) is 17.2 Å². The van der Waals surface area contributed by atoms with Crippen LogP contribution in [0.2, 0.25) is 0 Å². The number of methoxy groups -OCH3 is 1. The van der Waals surface area contributed by atoms with Gasteiger partial charge in [0.15, 0.2) is 14.6 Å². The standard InChI is InChI=1S/C26H32N2O7S/c1-3-23(29)28-16-14-25(15-17-28)12-13-26(18-25,24(30)27-31)36(32,33)22-10-8-21(9-11-22)35-20-6-4-19(34-2)5-7-20/h4-11,31H,3,12-18H2,1-2H3,(H,27,30). The minimum atomic E-state index is -4.14. The zero-order valence-electron chi connectivity index (χ0n) is 20.5. The molecule has 0 bridgehead atoms. The number of likely N-dealkylation sites (tertiary alicyclic amines) is 1. The summed E-state index contributed by atoms with van der Waals surface area (Å²) in [7, 11) is -2.57. The van der Waals surface area contributed by atoms with Crippen LogP contribution in [-0.2, 0) is 19.4 Å². The lowest BCUT2D eigenvalue weighted by molar-refractivity contribution is -0.134. The average Bonchev–Trinajstić information content (AvgIpc) is 3.29. The maximum atomic E-state index is 13.9. The van der Waals surface area contributed by atoms with Crippen LogP contribution in [0.5, 0.6) is 17.2 Å². The molecule has 194 valence electrons. The molecule has 1 aliphatic heterocycles. The lowest BCUT2D eigenvalue weighted by atomic mass is 9.76. The molecule has 1 aliphatic carbocycles. The molecule has 2 aromatic carbocycles. The van der Waals surface area contributed by atoms with E-state index in [0.717, 1.165) is 0 Å². The van der Waals surface area contributed by atoms with E-state index in [1.807, 2.05) is 6.92 Å². The van der Waals surface area contributed by atoms with Gasteiger partial charge in [-0.3, -0.25) is 14.8 Å². The Morgan fingerprint density at radius 3 is 2.03 bits per heavy atom. The summed E-state index contributed by atoms with van der Waals surface area (Å²) in [4.78, 5) is 26.8. The van der Waals surface area contributed by atoms with Crippen LogP contribution in [0, 0.1) is 5.41 Å². The maximum Gasteiger partial charge on any atom is 0.265 e. The first-order valence-corrected chi connectivity index (χ1v) is 13.6. The summed E-state index contributed by atoms with van der Waals surface area (Å²) in [5.74, 6) is 0.855. The van der Waals surface area contributed by atoms with Gasteiger partial charge in [-0.25, -0.2) is 13.9 Å². The first-order chi connectivity index (χ1) is 17.2. The van der Waals surface area contributed by atoms with Gasteiger partial charge in [-0.15, -0.1) is 0 Å². The van der Waals surface area contributed by atoms with Crippen molar-refractivity contribution in [2.75, 3.05) is 20.2 Å². The van der Waals surface area contributed by atoms with Crippen molar-refractivity contribution in [2.45, 2.75) is 55.1 Å². The Balaban J connectivity index is 1.55. The smallest absolute Gasteiger partial charge is 0.265 e. The van der Waals surface area contributed by atoms with E-state index in [0.29, 0.717) is 56.0 Å². The molecule has 2 aliphatic rings. The molecule has 1 unspecified atom stereocenters. The Bertz CT molecular complexity index is 1200. The topological polar surface area (TPSA) is 122 Å². The van der Waals surface area contributed by atoms with Gasteiger partial charge in [0.25, 0.3) is 5.91 Å². The van der Waals surface area contributed by atoms with E-state index in [2.05, 4.69) is 0 Å². The molecule has 2 aromatic rings. The number of rotatable bonds is 7. The van der Waals surface area contributed by atoms with Crippen molar-refractivity contribution in [2.24, 2.45) is 5.41 Å². The number of sulfone groups is 1. The molecule has 1 saturated carbocycles. The monoisotopic (exact) mass is 516 g/mol. The number of piperidine rings is 1. The van der Waals surface area contributed by atoms with Gasteiger partial charge in [-0.1, -0.05) is 6.92 Å². The fourth-order valence-corrected chi connectivity index (χ4v) is 7.57. The predicted octanol–water partition coefficient (Wildman–Crippen LogP) is 3.71. The van der Waals surface area contributed by atoms with E-state index in [-0.39, 0.29) is 29.1 Å². The highest BCUT2D eigenvalue weighted by Crippen LogP contribution is 2.55. The quantitative estimate of drug-likeness (QED) is 0.425. The number of hydrogen-bond donors (Lipinski definition) is 2. The van der Waals surface area contributed by atoms with E-state index in [9.17, 15) is 23.2 Å². The van der Waals surface area contributed by atoms with E-state index in [1.54, 1.807) is 53.9 Å². The molecule has 36 heavy (non-hydrogen) atoms. The number of benzene rings is 2. The van der Waals surface area contributed by atoms with E-state index in [4.69, 9.17) is 9.47 Å². The van der Waals surface area contributed by atoms with Gasteiger partial charge in [-0.2, -0.15) is 0 Å². The number of hydrogen-bond acceptors (Lipinski definition) is 7.